The number of Topliss-reactive ketones (excluding diaryl/α,β-unsaturated/α-hetero) is 2. The molecule has 0 aliphatic carbocycles. The molecule has 7 nitrogen and oxygen atoms in total. The first kappa shape index (κ1) is 31.1. The zero-order valence-electron chi connectivity index (χ0n) is 22.7. The number of carbonyl (C=O) groups is 3. The number of rotatable bonds is 7. The highest BCUT2D eigenvalue weighted by molar-refractivity contribution is 9.09. The van der Waals surface area contributed by atoms with Gasteiger partial charge < -0.3 is 15.7 Å². The summed E-state index contributed by atoms with van der Waals surface area (Å²) in [6.07, 6.45) is 3.40. The quantitative estimate of drug-likeness (QED) is 0.0982. The van der Waals surface area contributed by atoms with Gasteiger partial charge in [-0.3, -0.25) is 14.4 Å². The number of para-hydroxylation sites is 2. The lowest BCUT2D eigenvalue weighted by Crippen LogP contribution is -2.20. The van der Waals surface area contributed by atoms with Crippen LogP contribution in [0, 0.1) is 5.92 Å². The second kappa shape index (κ2) is 14.2. The molecule has 2 aromatic carbocycles. The summed E-state index contributed by atoms with van der Waals surface area (Å²) in [6.45, 7) is 7.94. The number of ketones is 3. The van der Waals surface area contributed by atoms with Gasteiger partial charge in [0.25, 0.3) is 0 Å². The van der Waals surface area contributed by atoms with Crippen LogP contribution in [-0.2, 0) is 4.79 Å². The number of H-pyrrole nitrogens is 2. The molecule has 0 spiro atoms. The van der Waals surface area contributed by atoms with Crippen molar-refractivity contribution in [1.29, 1.82) is 0 Å². The summed E-state index contributed by atoms with van der Waals surface area (Å²) < 4.78 is 0. The molecule has 40 heavy (non-hydrogen) atoms. The molecule has 0 atom stereocenters. The topological polar surface area (TPSA) is 122 Å². The van der Waals surface area contributed by atoms with Crippen LogP contribution in [0.2, 0.25) is 0 Å². The minimum atomic E-state index is -0.294. The number of nitrogens with zero attached hydrogens (tertiary/aromatic N) is 1. The van der Waals surface area contributed by atoms with Gasteiger partial charge in [0.05, 0.1) is 22.2 Å². The van der Waals surface area contributed by atoms with E-state index < -0.39 is 0 Å². The van der Waals surface area contributed by atoms with Crippen LogP contribution in [0.3, 0.4) is 0 Å². The first-order chi connectivity index (χ1) is 19.0. The van der Waals surface area contributed by atoms with E-state index in [4.69, 9.17) is 5.73 Å². The van der Waals surface area contributed by atoms with Gasteiger partial charge in [-0.25, -0.2) is 4.98 Å². The Kier molecular flexibility index (Phi) is 11.1. The van der Waals surface area contributed by atoms with Gasteiger partial charge in [0, 0.05) is 45.5 Å². The number of nitrogens with one attached hydrogen (secondary N) is 2. The molecule has 0 radical (unpaired) electrons. The average Bonchev–Trinajstić information content (AvgIpc) is 3.71. The minimum absolute atomic E-state index is 0.00523. The number of hydrogen-bond donors (Lipinski definition) is 3. The van der Waals surface area contributed by atoms with Gasteiger partial charge in [-0.05, 0) is 18.1 Å². The molecule has 0 aliphatic rings. The van der Waals surface area contributed by atoms with E-state index in [0.29, 0.717) is 27.4 Å². The summed E-state index contributed by atoms with van der Waals surface area (Å²) in [4.78, 5) is 44.9. The fraction of sp³-hybridized carbons (Fsp3) is 0.233. The molecule has 5 aromatic rings. The van der Waals surface area contributed by atoms with Crippen molar-refractivity contribution in [2.45, 2.75) is 33.6 Å². The number of fused-ring (bicyclic) bond motifs is 2. The SMILES string of the molecule is CC(C)C(=O)CBr.CC(C)c1csc(C(=O)c2c[nH]c3ccccc23)n1.NC(=S)C(=O)c1c[nH]c2ccccc12. The number of nitrogens with two attached hydrogens (primary N) is 1. The van der Waals surface area contributed by atoms with E-state index in [0.717, 1.165) is 27.5 Å². The predicted molar refractivity (Wildman–Crippen MR) is 171 cm³/mol. The number of aromatic amines is 2. The molecule has 4 N–H and O–H groups in total. The van der Waals surface area contributed by atoms with Crippen LogP contribution in [-0.4, -0.2) is 42.6 Å². The van der Waals surface area contributed by atoms with Crippen LogP contribution in [0.25, 0.3) is 21.8 Å². The molecule has 3 aromatic heterocycles. The number of thiazole rings is 1. The standard InChI is InChI=1S/C15H14N2OS.C10H8N2OS.C5H9BrO/c1-9(2)13-8-19-15(17-13)14(18)11-7-16-12-6-4-3-5-10(11)12;11-10(14)9(13)7-5-12-8-4-2-1-3-6(7)8;1-4(2)5(7)3-6/h3-9,16H,1-2H3;1-5,12H,(H2,11,14);4H,3H2,1-2H3. The van der Waals surface area contributed by atoms with Gasteiger partial charge in [0.15, 0.2) is 5.01 Å². The highest BCUT2D eigenvalue weighted by atomic mass is 79.9. The monoisotopic (exact) mass is 638 g/mol. The Morgan fingerprint density at radius 1 is 0.925 bits per heavy atom. The Balaban J connectivity index is 0.000000185. The number of thiocarbonyl (C=S) groups is 1. The summed E-state index contributed by atoms with van der Waals surface area (Å²) in [6, 6.07) is 15.3. The van der Waals surface area contributed by atoms with Crippen LogP contribution >= 0.6 is 39.5 Å². The number of aromatic nitrogens is 3. The van der Waals surface area contributed by atoms with E-state index in [2.05, 4.69) is 56.9 Å². The van der Waals surface area contributed by atoms with Crippen molar-refractivity contribution in [3.63, 3.8) is 0 Å². The van der Waals surface area contributed by atoms with Gasteiger partial charge in [0.2, 0.25) is 11.6 Å². The first-order valence-corrected chi connectivity index (χ1v) is 15.0. The molecule has 0 fully saturated rings. The van der Waals surface area contributed by atoms with Crippen LogP contribution in [0.15, 0.2) is 66.3 Å². The lowest BCUT2D eigenvalue weighted by Gasteiger charge is -1.97. The molecule has 0 bridgehead atoms. The number of carbonyl (C=O) groups excluding carboxylic acids is 3. The Bertz CT molecular complexity index is 1650. The maximum Gasteiger partial charge on any atom is 0.223 e. The second-order valence-corrected chi connectivity index (χ2v) is 11.4. The zero-order chi connectivity index (χ0) is 29.4. The molecule has 0 amide bonds. The fourth-order valence-electron chi connectivity index (χ4n) is 3.58. The van der Waals surface area contributed by atoms with E-state index in [9.17, 15) is 14.4 Å². The summed E-state index contributed by atoms with van der Waals surface area (Å²) in [5.74, 6) is 0.493. The van der Waals surface area contributed by atoms with Crippen molar-refractivity contribution >= 4 is 83.6 Å². The lowest BCUT2D eigenvalue weighted by molar-refractivity contribution is -0.119. The lowest BCUT2D eigenvalue weighted by atomic mass is 10.1. The van der Waals surface area contributed by atoms with Gasteiger partial charge >= 0.3 is 0 Å². The van der Waals surface area contributed by atoms with E-state index in [1.807, 2.05) is 67.8 Å². The number of benzene rings is 2. The molecule has 10 heteroatoms. The molecular weight excluding hydrogens is 608 g/mol. The third-order valence-corrected chi connectivity index (χ3v) is 7.57. The van der Waals surface area contributed by atoms with Crippen molar-refractivity contribution in [3.05, 3.63) is 88.1 Å². The molecule has 0 aliphatic heterocycles. The molecular formula is C30H31BrN4O3S2. The van der Waals surface area contributed by atoms with Crippen LogP contribution in [0.5, 0.6) is 0 Å². The van der Waals surface area contributed by atoms with Crippen molar-refractivity contribution in [3.8, 4) is 0 Å². The molecule has 208 valence electrons. The van der Waals surface area contributed by atoms with E-state index in [1.165, 1.54) is 11.3 Å². The molecule has 0 unspecified atom stereocenters. The van der Waals surface area contributed by atoms with Gasteiger partial charge in [0.1, 0.15) is 10.8 Å². The maximum atomic E-state index is 12.5. The largest absolute Gasteiger partial charge is 0.387 e. The maximum absolute atomic E-state index is 12.5. The van der Waals surface area contributed by atoms with Crippen molar-refractivity contribution in [1.82, 2.24) is 15.0 Å². The normalized spacial score (nSPS) is 10.7. The fourth-order valence-corrected chi connectivity index (χ4v) is 5.27. The molecule has 5 rings (SSSR count). The third kappa shape index (κ3) is 7.59. The van der Waals surface area contributed by atoms with Gasteiger partial charge in [-0.2, -0.15) is 0 Å². The van der Waals surface area contributed by atoms with Crippen LogP contribution in [0.4, 0.5) is 0 Å². The van der Waals surface area contributed by atoms with Crippen molar-refractivity contribution < 1.29 is 14.4 Å². The number of halogens is 1. The summed E-state index contributed by atoms with van der Waals surface area (Å²) in [7, 11) is 0. The highest BCUT2D eigenvalue weighted by Crippen LogP contribution is 2.24. The van der Waals surface area contributed by atoms with E-state index in [1.54, 1.807) is 12.4 Å². The van der Waals surface area contributed by atoms with E-state index >= 15 is 0 Å². The average molecular weight is 640 g/mol. The smallest absolute Gasteiger partial charge is 0.223 e. The number of alkyl halides is 1. The predicted octanol–water partition coefficient (Wildman–Crippen LogP) is 7.22. The molecule has 0 saturated heterocycles. The molecule has 3 heterocycles. The van der Waals surface area contributed by atoms with Crippen molar-refractivity contribution in [2.24, 2.45) is 11.7 Å². The van der Waals surface area contributed by atoms with Gasteiger partial charge in [-0.15, -0.1) is 11.3 Å². The summed E-state index contributed by atoms with van der Waals surface area (Å²) in [5.41, 5.74) is 9.38. The Morgan fingerprint density at radius 2 is 1.45 bits per heavy atom. The minimum Gasteiger partial charge on any atom is -0.387 e. The van der Waals surface area contributed by atoms with Crippen molar-refractivity contribution in [2.75, 3.05) is 5.33 Å². The Labute approximate surface area is 250 Å². The second-order valence-electron chi connectivity index (χ2n) is 9.51. The Morgan fingerprint density at radius 3 is 1.90 bits per heavy atom. The summed E-state index contributed by atoms with van der Waals surface area (Å²) >= 11 is 9.13. The van der Waals surface area contributed by atoms with Crippen LogP contribution < -0.4 is 5.73 Å². The van der Waals surface area contributed by atoms with Crippen LogP contribution in [0.1, 0.15) is 65.0 Å². The molecule has 0 saturated carbocycles. The number of hydrogen-bond acceptors (Lipinski definition) is 6. The first-order valence-electron chi connectivity index (χ1n) is 12.6. The zero-order valence-corrected chi connectivity index (χ0v) is 25.9. The third-order valence-electron chi connectivity index (χ3n) is 5.97. The van der Waals surface area contributed by atoms with Gasteiger partial charge in [-0.1, -0.05) is 92.2 Å². The highest BCUT2D eigenvalue weighted by Gasteiger charge is 2.18. The van der Waals surface area contributed by atoms with E-state index in [-0.39, 0.29) is 28.3 Å². The Hall–Kier alpha value is -3.47. The summed E-state index contributed by atoms with van der Waals surface area (Å²) in [5, 5.41) is 4.82.